The molecule has 5 nitrogen and oxygen atoms in total. The summed E-state index contributed by atoms with van der Waals surface area (Å²) < 4.78 is 13.1. The molecular weight excluding hydrogens is 263 g/mol. The van der Waals surface area contributed by atoms with Gasteiger partial charge in [-0.3, -0.25) is 9.78 Å². The third kappa shape index (κ3) is 2.50. The van der Waals surface area contributed by atoms with Crippen molar-refractivity contribution in [3.8, 4) is 0 Å². The maximum absolute atomic E-state index is 13.1. The third-order valence-corrected chi connectivity index (χ3v) is 3.98. The Morgan fingerprint density at radius 1 is 1.30 bits per heavy atom. The van der Waals surface area contributed by atoms with Gasteiger partial charge in [-0.2, -0.15) is 0 Å². The number of aliphatic carboxylic acids is 1. The monoisotopic (exact) mass is 280 g/mol. The molecule has 1 N–H and O–H groups in total. The van der Waals surface area contributed by atoms with E-state index in [2.05, 4.69) is 4.98 Å². The fourth-order valence-electron chi connectivity index (χ4n) is 2.75. The summed E-state index contributed by atoms with van der Waals surface area (Å²) in [6.45, 7) is 0. The Morgan fingerprint density at radius 2 is 1.95 bits per heavy atom. The number of carbonyl (C=O) groups excluding carboxylic acids is 1. The van der Waals surface area contributed by atoms with Gasteiger partial charge >= 0.3 is 5.97 Å². The summed E-state index contributed by atoms with van der Waals surface area (Å²) in [4.78, 5) is 28.9. The average molecular weight is 280 g/mol. The van der Waals surface area contributed by atoms with Crippen LogP contribution in [-0.4, -0.2) is 39.5 Å². The Kier molecular flexibility index (Phi) is 4.01. The number of aromatic nitrogens is 1. The van der Waals surface area contributed by atoms with Crippen LogP contribution >= 0.6 is 0 Å². The van der Waals surface area contributed by atoms with Crippen molar-refractivity contribution in [3.05, 3.63) is 29.8 Å². The van der Waals surface area contributed by atoms with Gasteiger partial charge in [0.05, 0.1) is 11.8 Å². The van der Waals surface area contributed by atoms with Gasteiger partial charge in [0.15, 0.2) is 0 Å². The number of halogens is 1. The van der Waals surface area contributed by atoms with E-state index in [1.807, 2.05) is 0 Å². The molecule has 0 radical (unpaired) electrons. The van der Waals surface area contributed by atoms with Crippen LogP contribution in [0.5, 0.6) is 0 Å². The Balaban J connectivity index is 2.30. The summed E-state index contributed by atoms with van der Waals surface area (Å²) in [5.74, 6) is -2.13. The van der Waals surface area contributed by atoms with Crippen molar-refractivity contribution in [2.24, 2.45) is 0 Å². The summed E-state index contributed by atoms with van der Waals surface area (Å²) in [7, 11) is 1.46. The maximum atomic E-state index is 13.1. The molecule has 1 aromatic rings. The highest BCUT2D eigenvalue weighted by Gasteiger charge is 2.45. The number of hydrogen-bond acceptors (Lipinski definition) is 3. The van der Waals surface area contributed by atoms with E-state index < -0.39 is 23.2 Å². The van der Waals surface area contributed by atoms with E-state index in [9.17, 15) is 19.1 Å². The molecule has 0 bridgehead atoms. The van der Waals surface area contributed by atoms with E-state index >= 15 is 0 Å². The van der Waals surface area contributed by atoms with Crippen molar-refractivity contribution in [1.82, 2.24) is 9.88 Å². The molecule has 0 aliphatic heterocycles. The first-order valence-corrected chi connectivity index (χ1v) is 6.59. The van der Waals surface area contributed by atoms with Crippen LogP contribution in [0.1, 0.15) is 42.5 Å². The molecule has 1 fully saturated rings. The second-order valence-electron chi connectivity index (χ2n) is 5.15. The fraction of sp³-hybridized carbons (Fsp3) is 0.500. The van der Waals surface area contributed by atoms with Crippen molar-refractivity contribution in [1.29, 1.82) is 0 Å². The SMILES string of the molecule is CN(C(=O)c1cncc(F)c1)C1(C(=O)O)CCCCC1. The van der Waals surface area contributed by atoms with E-state index in [1.165, 1.54) is 18.1 Å². The Bertz CT molecular complexity index is 527. The van der Waals surface area contributed by atoms with Crippen molar-refractivity contribution in [3.63, 3.8) is 0 Å². The Labute approximate surface area is 116 Å². The van der Waals surface area contributed by atoms with Crippen molar-refractivity contribution < 1.29 is 19.1 Å². The zero-order chi connectivity index (χ0) is 14.8. The van der Waals surface area contributed by atoms with Crippen LogP contribution in [0.2, 0.25) is 0 Å². The highest BCUT2D eigenvalue weighted by molar-refractivity contribution is 5.97. The first-order valence-electron chi connectivity index (χ1n) is 6.59. The molecule has 1 heterocycles. The van der Waals surface area contributed by atoms with Crippen molar-refractivity contribution >= 4 is 11.9 Å². The minimum atomic E-state index is -1.19. The van der Waals surface area contributed by atoms with Crippen molar-refractivity contribution in [2.45, 2.75) is 37.6 Å². The normalized spacial score (nSPS) is 17.5. The molecule has 0 spiro atoms. The van der Waals surface area contributed by atoms with E-state index in [0.717, 1.165) is 31.5 Å². The molecule has 0 unspecified atom stereocenters. The summed E-state index contributed by atoms with van der Waals surface area (Å²) in [5.41, 5.74) is -1.12. The largest absolute Gasteiger partial charge is 0.479 e. The van der Waals surface area contributed by atoms with Crippen LogP contribution in [0.25, 0.3) is 0 Å². The summed E-state index contributed by atoms with van der Waals surface area (Å²) in [6, 6.07) is 1.07. The molecule has 0 saturated heterocycles. The molecular formula is C14H17FN2O3. The molecule has 0 atom stereocenters. The first-order chi connectivity index (χ1) is 9.47. The molecule has 2 rings (SSSR count). The topological polar surface area (TPSA) is 70.5 Å². The zero-order valence-electron chi connectivity index (χ0n) is 11.3. The number of likely N-dealkylation sites (N-methyl/N-ethyl adjacent to an activating group) is 1. The standard InChI is InChI=1S/C14H17FN2O3/c1-17(12(18)10-7-11(15)9-16-8-10)14(13(19)20)5-3-2-4-6-14/h7-9H,2-6H2,1H3,(H,19,20). The highest BCUT2D eigenvalue weighted by atomic mass is 19.1. The van der Waals surface area contributed by atoms with Crippen LogP contribution in [0, 0.1) is 5.82 Å². The number of carboxylic acids is 1. The van der Waals surface area contributed by atoms with Gasteiger partial charge in [-0.05, 0) is 18.9 Å². The molecule has 1 aliphatic carbocycles. The number of carbonyl (C=O) groups is 2. The molecule has 108 valence electrons. The van der Waals surface area contributed by atoms with Crippen LogP contribution in [0.15, 0.2) is 18.5 Å². The number of hydrogen-bond donors (Lipinski definition) is 1. The first kappa shape index (κ1) is 14.4. The molecule has 20 heavy (non-hydrogen) atoms. The lowest BCUT2D eigenvalue weighted by Crippen LogP contribution is -2.56. The lowest BCUT2D eigenvalue weighted by Gasteiger charge is -2.40. The smallest absolute Gasteiger partial charge is 0.329 e. The lowest BCUT2D eigenvalue weighted by molar-refractivity contribution is -0.151. The summed E-state index contributed by atoms with van der Waals surface area (Å²) >= 11 is 0. The maximum Gasteiger partial charge on any atom is 0.329 e. The Morgan fingerprint density at radius 3 is 2.50 bits per heavy atom. The minimum absolute atomic E-state index is 0.0682. The van der Waals surface area contributed by atoms with E-state index in [0.29, 0.717) is 12.8 Å². The van der Waals surface area contributed by atoms with Gasteiger partial charge in [-0.15, -0.1) is 0 Å². The number of amides is 1. The van der Waals surface area contributed by atoms with Crippen LogP contribution in [0.4, 0.5) is 4.39 Å². The average Bonchev–Trinajstić information content (AvgIpc) is 2.46. The fourth-order valence-corrected chi connectivity index (χ4v) is 2.75. The molecule has 1 saturated carbocycles. The number of rotatable bonds is 3. The Hall–Kier alpha value is -1.98. The lowest BCUT2D eigenvalue weighted by atomic mass is 9.80. The second kappa shape index (κ2) is 5.56. The molecule has 6 heteroatoms. The molecule has 1 aromatic heterocycles. The summed E-state index contributed by atoms with van der Waals surface area (Å²) in [6.07, 6.45) is 5.61. The van der Waals surface area contributed by atoms with Gasteiger partial charge < -0.3 is 10.0 Å². The predicted octanol–water partition coefficient (Wildman–Crippen LogP) is 2.08. The minimum Gasteiger partial charge on any atom is -0.479 e. The quantitative estimate of drug-likeness (QED) is 0.920. The van der Waals surface area contributed by atoms with Gasteiger partial charge in [-0.25, -0.2) is 9.18 Å². The number of carboxylic acid groups (broad SMARTS) is 1. The molecule has 1 aliphatic rings. The van der Waals surface area contributed by atoms with Crippen molar-refractivity contribution in [2.75, 3.05) is 7.05 Å². The van der Waals surface area contributed by atoms with E-state index in [-0.39, 0.29) is 5.56 Å². The predicted molar refractivity (Wildman–Crippen MR) is 69.7 cm³/mol. The molecule has 1 amide bonds. The van der Waals surface area contributed by atoms with Crippen LogP contribution in [0.3, 0.4) is 0 Å². The molecule has 0 aromatic carbocycles. The highest BCUT2D eigenvalue weighted by Crippen LogP contribution is 2.34. The zero-order valence-corrected chi connectivity index (χ0v) is 11.3. The number of nitrogens with zero attached hydrogens (tertiary/aromatic N) is 2. The summed E-state index contributed by atoms with van der Waals surface area (Å²) in [5, 5.41) is 9.53. The van der Waals surface area contributed by atoms with Gasteiger partial charge in [0.2, 0.25) is 0 Å². The van der Waals surface area contributed by atoms with Crippen LogP contribution < -0.4 is 0 Å². The van der Waals surface area contributed by atoms with E-state index in [1.54, 1.807) is 0 Å². The third-order valence-electron chi connectivity index (χ3n) is 3.98. The van der Waals surface area contributed by atoms with Gasteiger partial charge in [0.25, 0.3) is 5.91 Å². The van der Waals surface area contributed by atoms with Gasteiger partial charge in [0, 0.05) is 13.2 Å². The second-order valence-corrected chi connectivity index (χ2v) is 5.15. The van der Waals surface area contributed by atoms with Crippen LogP contribution in [-0.2, 0) is 4.79 Å². The van der Waals surface area contributed by atoms with Gasteiger partial charge in [0.1, 0.15) is 11.4 Å². The van der Waals surface area contributed by atoms with Gasteiger partial charge in [-0.1, -0.05) is 19.3 Å². The van der Waals surface area contributed by atoms with E-state index in [4.69, 9.17) is 0 Å². The number of pyridine rings is 1.